The molecule has 0 spiro atoms. The zero-order chi connectivity index (χ0) is 19.7. The molecule has 0 aliphatic carbocycles. The summed E-state index contributed by atoms with van der Waals surface area (Å²) in [6.07, 6.45) is 0.993. The van der Waals surface area contributed by atoms with Crippen molar-refractivity contribution in [1.29, 1.82) is 0 Å². The smallest absolute Gasteiger partial charge is 0.387 e. The van der Waals surface area contributed by atoms with Crippen molar-refractivity contribution in [3.05, 3.63) is 54.9 Å². The first-order valence-electron chi connectivity index (χ1n) is 7.05. The zero-order valence-corrected chi connectivity index (χ0v) is 16.1. The molecule has 0 bridgehead atoms. The molecule has 0 aliphatic rings. The number of thiophene rings is 1. The first-order valence-corrected chi connectivity index (χ1v) is 9.03. The van der Waals surface area contributed by atoms with E-state index in [1.165, 1.54) is 24.3 Å². The van der Waals surface area contributed by atoms with E-state index < -0.39 is 17.4 Å². The van der Waals surface area contributed by atoms with Gasteiger partial charge in [-0.3, -0.25) is 14.9 Å². The molecule has 1 amide bonds. The number of nitrogens with zero attached hydrogens (tertiary/aromatic N) is 2. The molecule has 12 heteroatoms. The Labute approximate surface area is 167 Å². The zero-order valence-electron chi connectivity index (χ0n) is 12.9. The fourth-order valence-electron chi connectivity index (χ4n) is 2.19. The molecule has 1 N–H and O–H groups in total. The number of aromatic nitrogens is 1. The van der Waals surface area contributed by atoms with E-state index in [-0.39, 0.29) is 32.5 Å². The molecule has 140 valence electrons. The Morgan fingerprint density at radius 1 is 1.37 bits per heavy atom. The average Bonchev–Trinajstić information content (AvgIpc) is 2.96. The monoisotopic (exact) mass is 477 g/mol. The Hall–Kier alpha value is -2.37. The van der Waals surface area contributed by atoms with Crippen LogP contribution in [0.15, 0.2) is 34.9 Å². The van der Waals surface area contributed by atoms with Gasteiger partial charge in [-0.2, -0.15) is 8.78 Å². The van der Waals surface area contributed by atoms with Gasteiger partial charge in [0, 0.05) is 10.5 Å². The van der Waals surface area contributed by atoms with Crippen molar-refractivity contribution in [2.75, 3.05) is 5.32 Å². The predicted octanol–water partition coefficient (Wildman–Crippen LogP) is 5.47. The van der Waals surface area contributed by atoms with Gasteiger partial charge in [0.2, 0.25) is 0 Å². The summed E-state index contributed by atoms with van der Waals surface area (Å²) in [5, 5.41) is 13.2. The number of rotatable bonds is 5. The third-order valence-corrected chi connectivity index (χ3v) is 5.95. The number of pyridine rings is 1. The number of nitrogens with one attached hydrogen (secondary N) is 1. The van der Waals surface area contributed by atoms with Gasteiger partial charge < -0.3 is 10.1 Å². The van der Waals surface area contributed by atoms with E-state index in [1.54, 1.807) is 0 Å². The van der Waals surface area contributed by atoms with Gasteiger partial charge in [-0.25, -0.2) is 4.98 Å². The lowest BCUT2D eigenvalue weighted by Gasteiger charge is -2.07. The Kier molecular flexibility index (Phi) is 5.53. The fraction of sp³-hybridized carbons (Fsp3) is 0.0667. The standard InChI is InChI=1S/C15H7BrClF2N3O4S/c16-7-2-3-8(26-15(18)19)10-11(17)13(27-12(7)10)14(23)21-9-4-1-6(5-20-9)22(24)25/h1-5,15H,(H,20,21,23). The molecule has 2 heterocycles. The normalized spacial score (nSPS) is 11.0. The third-order valence-electron chi connectivity index (χ3n) is 3.32. The number of anilines is 1. The molecule has 0 unspecified atom stereocenters. The number of benzene rings is 1. The second kappa shape index (κ2) is 7.71. The Balaban J connectivity index is 1.96. The molecule has 2 aromatic heterocycles. The summed E-state index contributed by atoms with van der Waals surface area (Å²) < 4.78 is 30.7. The molecule has 0 saturated carbocycles. The summed E-state index contributed by atoms with van der Waals surface area (Å²) in [6, 6.07) is 5.27. The average molecular weight is 479 g/mol. The van der Waals surface area contributed by atoms with Crippen LogP contribution in [0.2, 0.25) is 5.02 Å². The molecule has 3 aromatic rings. The molecule has 0 radical (unpaired) electrons. The van der Waals surface area contributed by atoms with E-state index in [9.17, 15) is 23.7 Å². The van der Waals surface area contributed by atoms with E-state index in [0.29, 0.717) is 9.17 Å². The lowest BCUT2D eigenvalue weighted by atomic mass is 10.2. The number of fused-ring (bicyclic) bond motifs is 1. The predicted molar refractivity (Wildman–Crippen MR) is 100 cm³/mol. The number of carbonyl (C=O) groups excluding carboxylic acids is 1. The van der Waals surface area contributed by atoms with Crippen molar-refractivity contribution in [1.82, 2.24) is 4.98 Å². The molecule has 0 atom stereocenters. The second-order valence-corrected chi connectivity index (χ2v) is 7.24. The van der Waals surface area contributed by atoms with Crippen molar-refractivity contribution < 1.29 is 23.2 Å². The van der Waals surface area contributed by atoms with Gasteiger partial charge in [0.15, 0.2) is 0 Å². The van der Waals surface area contributed by atoms with E-state index in [1.807, 2.05) is 0 Å². The van der Waals surface area contributed by atoms with E-state index >= 15 is 0 Å². The van der Waals surface area contributed by atoms with Crippen LogP contribution >= 0.6 is 38.9 Å². The van der Waals surface area contributed by atoms with Crippen molar-refractivity contribution in [3.8, 4) is 5.75 Å². The lowest BCUT2D eigenvalue weighted by Crippen LogP contribution is -2.11. The topological polar surface area (TPSA) is 94.4 Å². The van der Waals surface area contributed by atoms with Crippen LogP contribution in [0, 0.1) is 10.1 Å². The lowest BCUT2D eigenvalue weighted by molar-refractivity contribution is -0.385. The summed E-state index contributed by atoms with van der Waals surface area (Å²) in [5.41, 5.74) is -0.231. The summed E-state index contributed by atoms with van der Waals surface area (Å²) in [5.74, 6) is -0.725. The van der Waals surface area contributed by atoms with E-state index in [0.717, 1.165) is 17.5 Å². The van der Waals surface area contributed by atoms with E-state index in [2.05, 4.69) is 31.0 Å². The number of halogens is 4. The van der Waals surface area contributed by atoms with Crippen LogP contribution in [0.5, 0.6) is 5.75 Å². The van der Waals surface area contributed by atoms with Crippen molar-refractivity contribution in [2.45, 2.75) is 6.61 Å². The first-order chi connectivity index (χ1) is 12.8. The SMILES string of the molecule is O=C(Nc1ccc([N+](=O)[O-])cn1)c1sc2c(Br)ccc(OC(F)F)c2c1Cl. The van der Waals surface area contributed by atoms with Crippen molar-refractivity contribution in [3.63, 3.8) is 0 Å². The number of carbonyl (C=O) groups is 1. The molecule has 27 heavy (non-hydrogen) atoms. The van der Waals surface area contributed by atoms with Crippen molar-refractivity contribution in [2.24, 2.45) is 0 Å². The maximum Gasteiger partial charge on any atom is 0.387 e. The Morgan fingerprint density at radius 3 is 2.70 bits per heavy atom. The second-order valence-electron chi connectivity index (χ2n) is 4.99. The van der Waals surface area contributed by atoms with Gasteiger partial charge in [0.25, 0.3) is 11.6 Å². The Bertz CT molecular complexity index is 1050. The molecular formula is C15H7BrClF2N3O4S. The summed E-state index contributed by atoms with van der Waals surface area (Å²) in [4.78, 5) is 26.3. The maximum absolute atomic E-state index is 12.6. The molecule has 7 nitrogen and oxygen atoms in total. The largest absolute Gasteiger partial charge is 0.434 e. The van der Waals surface area contributed by atoms with Crippen LogP contribution in [0.1, 0.15) is 9.67 Å². The number of alkyl halides is 2. The number of nitro groups is 1. The quantitative estimate of drug-likeness (QED) is 0.387. The maximum atomic E-state index is 12.6. The van der Waals surface area contributed by atoms with Gasteiger partial charge in [-0.15, -0.1) is 11.3 Å². The minimum Gasteiger partial charge on any atom is -0.434 e. The molecule has 1 aromatic carbocycles. The summed E-state index contributed by atoms with van der Waals surface area (Å²) in [7, 11) is 0. The minimum atomic E-state index is -3.05. The highest BCUT2D eigenvalue weighted by Gasteiger charge is 2.23. The number of amides is 1. The molecule has 3 rings (SSSR count). The van der Waals surface area contributed by atoms with Gasteiger partial charge in [-0.05, 0) is 34.1 Å². The van der Waals surface area contributed by atoms with Gasteiger partial charge in [0.1, 0.15) is 22.6 Å². The van der Waals surface area contributed by atoms with Crippen LogP contribution in [-0.4, -0.2) is 22.4 Å². The van der Waals surface area contributed by atoms with E-state index in [4.69, 9.17) is 11.6 Å². The highest BCUT2D eigenvalue weighted by atomic mass is 79.9. The van der Waals surface area contributed by atoms with Crippen molar-refractivity contribution >= 4 is 66.4 Å². The number of hydrogen-bond donors (Lipinski definition) is 1. The van der Waals surface area contributed by atoms with Gasteiger partial charge in [-0.1, -0.05) is 11.6 Å². The van der Waals surface area contributed by atoms with Gasteiger partial charge >= 0.3 is 6.61 Å². The fourth-order valence-corrected chi connectivity index (χ4v) is 4.22. The minimum absolute atomic E-state index is 0.0497. The van der Waals surface area contributed by atoms with Crippen LogP contribution in [0.3, 0.4) is 0 Å². The highest BCUT2D eigenvalue weighted by molar-refractivity contribution is 9.10. The molecular weight excluding hydrogens is 472 g/mol. The first kappa shape index (κ1) is 19.4. The number of ether oxygens (including phenoxy) is 1. The third kappa shape index (κ3) is 3.99. The van der Waals surface area contributed by atoms with Crippen LogP contribution in [0.4, 0.5) is 20.3 Å². The molecule has 0 aliphatic heterocycles. The Morgan fingerprint density at radius 2 is 2.11 bits per heavy atom. The van der Waals surface area contributed by atoms with Crippen LogP contribution in [-0.2, 0) is 0 Å². The van der Waals surface area contributed by atoms with Crippen LogP contribution in [0.25, 0.3) is 10.1 Å². The molecule has 0 fully saturated rings. The van der Waals surface area contributed by atoms with Crippen LogP contribution < -0.4 is 10.1 Å². The molecule has 0 saturated heterocycles. The van der Waals surface area contributed by atoms with Gasteiger partial charge in [0.05, 0.1) is 20.0 Å². The highest BCUT2D eigenvalue weighted by Crippen LogP contribution is 2.44. The summed E-state index contributed by atoms with van der Waals surface area (Å²) >= 11 is 10.5. The summed E-state index contributed by atoms with van der Waals surface area (Å²) in [6.45, 7) is -3.05. The number of hydrogen-bond acceptors (Lipinski definition) is 6.